The summed E-state index contributed by atoms with van der Waals surface area (Å²) in [4.78, 5) is 62.7. The quantitative estimate of drug-likeness (QED) is 0.338. The number of piperidine rings is 2. The summed E-state index contributed by atoms with van der Waals surface area (Å²) in [5.74, 6) is -0.273. The zero-order valence-electron chi connectivity index (χ0n) is 30.0. The maximum absolute atomic E-state index is 14.1. The highest BCUT2D eigenvalue weighted by Crippen LogP contribution is 2.28. The number of fused-ring (bicyclic) bond motifs is 1. The van der Waals surface area contributed by atoms with Crippen LogP contribution in [0.1, 0.15) is 50.2 Å². The van der Waals surface area contributed by atoms with Gasteiger partial charge in [-0.25, -0.2) is 9.59 Å². The van der Waals surface area contributed by atoms with E-state index in [-0.39, 0.29) is 36.1 Å². The number of para-hydroxylation sites is 1. The number of nitrogens with zero attached hydrogens (tertiary/aromatic N) is 5. The van der Waals surface area contributed by atoms with E-state index in [9.17, 15) is 24.3 Å². The summed E-state index contributed by atoms with van der Waals surface area (Å²) in [5.41, 5.74) is 2.72. The molecule has 4 amide bonds. The normalized spacial score (nSPS) is 20.1. The van der Waals surface area contributed by atoms with E-state index in [4.69, 9.17) is 9.47 Å². The molecule has 1 atom stereocenters. The topological polar surface area (TPSA) is 135 Å². The molecular weight excluding hydrogens is 732 g/mol. The lowest BCUT2D eigenvalue weighted by Crippen LogP contribution is -2.55. The Kier molecular flexibility index (Phi) is 12.9. The molecule has 4 heterocycles. The van der Waals surface area contributed by atoms with E-state index in [1.54, 1.807) is 23.1 Å². The van der Waals surface area contributed by atoms with Gasteiger partial charge in [0.15, 0.2) is 6.10 Å². The molecule has 2 aromatic rings. The van der Waals surface area contributed by atoms with E-state index >= 15 is 0 Å². The molecule has 0 spiro atoms. The van der Waals surface area contributed by atoms with Crippen molar-refractivity contribution in [2.24, 2.45) is 0 Å². The first-order chi connectivity index (χ1) is 25.2. The van der Waals surface area contributed by atoms with Crippen molar-refractivity contribution in [1.29, 1.82) is 0 Å². The molecule has 4 aliphatic rings. The monoisotopic (exact) mass is 782 g/mol. The van der Waals surface area contributed by atoms with Gasteiger partial charge in [-0.05, 0) is 84.3 Å². The second kappa shape index (κ2) is 17.8. The predicted octanol–water partition coefficient (Wildman–Crippen LogP) is 4.32. The summed E-state index contributed by atoms with van der Waals surface area (Å²) in [5, 5.41) is 13.1. The van der Waals surface area contributed by atoms with Gasteiger partial charge in [0, 0.05) is 89.6 Å². The van der Waals surface area contributed by atoms with Gasteiger partial charge in [0.05, 0.1) is 17.5 Å². The molecule has 282 valence electrons. The molecule has 0 radical (unpaired) electrons. The highest BCUT2D eigenvalue weighted by molar-refractivity contribution is 9.10. The molecule has 0 aromatic heterocycles. The van der Waals surface area contributed by atoms with E-state index in [1.165, 1.54) is 0 Å². The van der Waals surface area contributed by atoms with Gasteiger partial charge in [-0.2, -0.15) is 0 Å². The maximum Gasteiger partial charge on any atom is 0.410 e. The smallest absolute Gasteiger partial charge is 0.410 e. The molecule has 0 saturated carbocycles. The van der Waals surface area contributed by atoms with Crippen LogP contribution in [0.2, 0.25) is 0 Å². The van der Waals surface area contributed by atoms with Crippen molar-refractivity contribution in [1.82, 2.24) is 24.5 Å². The Morgan fingerprint density at radius 1 is 0.904 bits per heavy atom. The van der Waals surface area contributed by atoms with Crippen LogP contribution < -0.4 is 5.32 Å². The Morgan fingerprint density at radius 3 is 2.31 bits per heavy atom. The van der Waals surface area contributed by atoms with Gasteiger partial charge >= 0.3 is 18.1 Å². The average molecular weight is 784 g/mol. The lowest BCUT2D eigenvalue weighted by Gasteiger charge is -2.43. The molecule has 6 rings (SSSR count). The van der Waals surface area contributed by atoms with E-state index in [1.807, 2.05) is 41.0 Å². The largest absolute Gasteiger partial charge is 0.507 e. The molecule has 3 fully saturated rings. The summed E-state index contributed by atoms with van der Waals surface area (Å²) in [7, 11) is 0. The number of likely N-dealkylation sites (tertiary alicyclic amines) is 2. The van der Waals surface area contributed by atoms with Crippen molar-refractivity contribution >= 4 is 45.6 Å². The van der Waals surface area contributed by atoms with Crippen LogP contribution in [-0.4, -0.2) is 144 Å². The number of anilines is 1. The third-order valence-corrected chi connectivity index (χ3v) is 11.5. The average Bonchev–Trinajstić information content (AvgIpc) is 3.33. The Labute approximate surface area is 314 Å². The van der Waals surface area contributed by atoms with Crippen molar-refractivity contribution in [3.63, 3.8) is 0 Å². The van der Waals surface area contributed by atoms with Crippen molar-refractivity contribution in [3.8, 4) is 5.75 Å². The standard InChI is InChI=1S/C38H51BrN6O7/c1-2-51-35(47)14-15-41-21-23-42(24-22-41)29-10-16-43(17-11-29)36(48)34(26-27-7-8-33(46)31(39)25-27)52-38(50)44-18-12-30(13-19-44)45-20-9-28-5-3-4-6-32(28)40-37(45)49/h3-8,25,29-30,34,46H,2,9-24,26H2,1H3,(H,40,49)/t34-/m1/s1. The van der Waals surface area contributed by atoms with Gasteiger partial charge in [-0.1, -0.05) is 24.3 Å². The van der Waals surface area contributed by atoms with Crippen molar-refractivity contribution in [3.05, 3.63) is 58.1 Å². The van der Waals surface area contributed by atoms with Gasteiger partial charge in [-0.3, -0.25) is 14.5 Å². The first-order valence-corrected chi connectivity index (χ1v) is 19.5. The second-order valence-electron chi connectivity index (χ2n) is 14.1. The molecule has 2 aromatic carbocycles. The zero-order chi connectivity index (χ0) is 36.6. The Morgan fingerprint density at radius 2 is 1.60 bits per heavy atom. The number of amides is 4. The lowest BCUT2D eigenvalue weighted by molar-refractivity contribution is -0.144. The fourth-order valence-corrected chi connectivity index (χ4v) is 8.28. The molecular formula is C38H51BrN6O7. The number of ether oxygens (including phenoxy) is 2. The summed E-state index contributed by atoms with van der Waals surface area (Å²) >= 11 is 3.37. The number of hydrogen-bond acceptors (Lipinski definition) is 9. The number of piperazine rings is 1. The van der Waals surface area contributed by atoms with Crippen LogP contribution in [0.4, 0.5) is 15.3 Å². The van der Waals surface area contributed by atoms with Gasteiger partial charge in [0.25, 0.3) is 5.91 Å². The SMILES string of the molecule is CCOC(=O)CCN1CCN(C2CCN(C(=O)[C@@H](Cc3ccc(O)c(Br)c3)OC(=O)N3CCC(N4CCc5ccccc5NC4=O)CC3)CC2)CC1. The molecule has 14 heteroatoms. The minimum atomic E-state index is -1.02. The summed E-state index contributed by atoms with van der Waals surface area (Å²) in [6.45, 7) is 9.19. The number of urea groups is 1. The highest BCUT2D eigenvalue weighted by Gasteiger charge is 2.36. The first-order valence-electron chi connectivity index (χ1n) is 18.7. The molecule has 0 unspecified atom stereocenters. The third-order valence-electron chi connectivity index (χ3n) is 10.9. The molecule has 0 aliphatic carbocycles. The molecule has 0 bridgehead atoms. The number of aromatic hydroxyl groups is 1. The zero-order valence-corrected chi connectivity index (χ0v) is 31.6. The van der Waals surface area contributed by atoms with Crippen LogP contribution in [-0.2, 0) is 31.9 Å². The van der Waals surface area contributed by atoms with E-state index in [0.29, 0.717) is 75.7 Å². The van der Waals surface area contributed by atoms with Crippen LogP contribution in [0.25, 0.3) is 0 Å². The molecule has 4 aliphatic heterocycles. The lowest BCUT2D eigenvalue weighted by atomic mass is 10.0. The van der Waals surface area contributed by atoms with Crippen molar-refractivity contribution < 1.29 is 33.8 Å². The fraction of sp³-hybridized carbons (Fsp3) is 0.579. The van der Waals surface area contributed by atoms with E-state index < -0.39 is 12.2 Å². The number of carbonyl (C=O) groups excluding carboxylic acids is 4. The van der Waals surface area contributed by atoms with Crippen LogP contribution in [0.15, 0.2) is 46.9 Å². The van der Waals surface area contributed by atoms with Gasteiger partial charge < -0.3 is 39.5 Å². The van der Waals surface area contributed by atoms with Crippen LogP contribution in [0.3, 0.4) is 0 Å². The van der Waals surface area contributed by atoms with E-state index in [0.717, 1.165) is 62.3 Å². The van der Waals surface area contributed by atoms with Gasteiger partial charge in [0.1, 0.15) is 5.75 Å². The number of nitrogens with one attached hydrogen (secondary N) is 1. The first kappa shape index (κ1) is 37.9. The number of carbonyl (C=O) groups is 4. The number of hydrogen-bond donors (Lipinski definition) is 2. The number of esters is 1. The summed E-state index contributed by atoms with van der Waals surface area (Å²) in [6.07, 6.45) is 2.72. The van der Waals surface area contributed by atoms with Crippen LogP contribution in [0.5, 0.6) is 5.75 Å². The minimum absolute atomic E-state index is 0.000920. The second-order valence-corrected chi connectivity index (χ2v) is 15.0. The Hall–Kier alpha value is -3.88. The molecule has 13 nitrogen and oxygen atoms in total. The van der Waals surface area contributed by atoms with Crippen LogP contribution >= 0.6 is 15.9 Å². The predicted molar refractivity (Wildman–Crippen MR) is 199 cm³/mol. The van der Waals surface area contributed by atoms with Gasteiger partial charge in [0.2, 0.25) is 0 Å². The number of benzene rings is 2. The highest BCUT2D eigenvalue weighted by atomic mass is 79.9. The van der Waals surface area contributed by atoms with Crippen molar-refractivity contribution in [2.45, 2.75) is 70.1 Å². The van der Waals surface area contributed by atoms with Crippen molar-refractivity contribution in [2.75, 3.05) is 77.4 Å². The number of halogens is 1. The Bertz CT molecular complexity index is 1570. The van der Waals surface area contributed by atoms with Gasteiger partial charge in [-0.15, -0.1) is 0 Å². The Balaban J connectivity index is 1.02. The fourth-order valence-electron chi connectivity index (χ4n) is 7.85. The van der Waals surface area contributed by atoms with Crippen LogP contribution in [0, 0.1) is 0 Å². The number of phenolic OH excluding ortho intramolecular Hbond substituents is 1. The molecule has 52 heavy (non-hydrogen) atoms. The van der Waals surface area contributed by atoms with E-state index in [2.05, 4.69) is 31.0 Å². The molecule has 2 N–H and O–H groups in total. The maximum atomic E-state index is 14.1. The minimum Gasteiger partial charge on any atom is -0.507 e. The number of phenols is 1. The number of rotatable bonds is 10. The third kappa shape index (κ3) is 9.56. The summed E-state index contributed by atoms with van der Waals surface area (Å²) in [6, 6.07) is 13.2. The molecule has 3 saturated heterocycles. The summed E-state index contributed by atoms with van der Waals surface area (Å²) < 4.78 is 11.6.